The van der Waals surface area contributed by atoms with Crippen LogP contribution < -0.4 is 14.9 Å². The molecule has 2 N–H and O–H groups in total. The van der Waals surface area contributed by atoms with E-state index in [1.807, 2.05) is 0 Å². The summed E-state index contributed by atoms with van der Waals surface area (Å²) in [6, 6.07) is 6.33. The van der Waals surface area contributed by atoms with Gasteiger partial charge < -0.3 is 28.8 Å². The second-order valence-electron chi connectivity index (χ2n) is 6.67. The van der Waals surface area contributed by atoms with E-state index in [0.29, 0.717) is 41.1 Å². The molecule has 3 heterocycles. The van der Waals surface area contributed by atoms with Crippen molar-refractivity contribution in [2.45, 2.75) is 18.1 Å². The number of hydrogen-bond donors (Lipinski definition) is 2. The predicted molar refractivity (Wildman–Crippen MR) is 92.1 cm³/mol. The van der Waals surface area contributed by atoms with Gasteiger partial charge in [-0.15, -0.1) is 0 Å². The van der Waals surface area contributed by atoms with E-state index in [1.165, 1.54) is 13.2 Å². The normalized spacial score (nSPS) is 23.8. The molecule has 0 radical (unpaired) electrons. The Hall–Kier alpha value is -2.77. The summed E-state index contributed by atoms with van der Waals surface area (Å²) >= 11 is 0. The highest BCUT2D eigenvalue weighted by atomic mass is 16.6. The summed E-state index contributed by atoms with van der Waals surface area (Å²) in [5, 5.41) is 20.3. The lowest BCUT2D eigenvalue weighted by atomic mass is 9.97. The Bertz CT molecular complexity index is 1110. The summed E-state index contributed by atoms with van der Waals surface area (Å²) in [6.07, 6.45) is 0.0569. The smallest absolute Gasteiger partial charge is 0.204 e. The lowest BCUT2D eigenvalue weighted by Gasteiger charge is -2.16. The molecular formula is C19H16O7. The number of benzene rings is 2. The molecule has 2 aromatic carbocycles. The van der Waals surface area contributed by atoms with Crippen molar-refractivity contribution in [3.63, 3.8) is 0 Å². The lowest BCUT2D eigenvalue weighted by molar-refractivity contribution is 0.0664. The number of phenols is 1. The molecule has 2 atom stereocenters. The number of methoxy groups -OCH3 is 1. The Labute approximate surface area is 147 Å². The molecule has 0 unspecified atom stereocenters. The van der Waals surface area contributed by atoms with Crippen LogP contribution >= 0.6 is 0 Å². The first kappa shape index (κ1) is 15.5. The van der Waals surface area contributed by atoms with Crippen LogP contribution in [0.1, 0.15) is 5.56 Å². The maximum Gasteiger partial charge on any atom is 0.204 e. The molecule has 7 nitrogen and oxygen atoms in total. The molecule has 0 spiro atoms. The Balaban J connectivity index is 1.81. The second-order valence-corrected chi connectivity index (χ2v) is 6.67. The van der Waals surface area contributed by atoms with Crippen LogP contribution in [0.5, 0.6) is 17.2 Å². The number of phenolic OH excluding ortho intramolecular Hbond substituents is 1. The fourth-order valence-electron chi connectivity index (χ4n) is 3.63. The maximum atomic E-state index is 13.0. The van der Waals surface area contributed by atoms with Crippen LogP contribution in [0.25, 0.3) is 21.9 Å². The molecule has 1 fully saturated rings. The fourth-order valence-corrected chi connectivity index (χ4v) is 3.63. The quantitative estimate of drug-likeness (QED) is 0.544. The highest BCUT2D eigenvalue weighted by molar-refractivity contribution is 5.97. The Morgan fingerprint density at radius 2 is 2.15 bits per heavy atom. The molecule has 2 aliphatic rings. The van der Waals surface area contributed by atoms with Gasteiger partial charge in [0.2, 0.25) is 5.43 Å². The van der Waals surface area contributed by atoms with E-state index in [4.69, 9.17) is 18.6 Å². The number of rotatable bonds is 3. The monoisotopic (exact) mass is 356 g/mol. The van der Waals surface area contributed by atoms with Crippen LogP contribution in [0, 0.1) is 0 Å². The van der Waals surface area contributed by atoms with Crippen molar-refractivity contribution in [3.05, 3.63) is 40.1 Å². The van der Waals surface area contributed by atoms with E-state index >= 15 is 0 Å². The number of aliphatic hydroxyl groups excluding tert-OH is 1. The Morgan fingerprint density at radius 1 is 1.35 bits per heavy atom. The van der Waals surface area contributed by atoms with Gasteiger partial charge in [0.25, 0.3) is 0 Å². The summed E-state index contributed by atoms with van der Waals surface area (Å²) in [5.74, 6) is 0.764. The Morgan fingerprint density at radius 3 is 2.85 bits per heavy atom. The first-order valence-corrected chi connectivity index (χ1v) is 8.28. The van der Waals surface area contributed by atoms with Crippen molar-refractivity contribution >= 4 is 21.9 Å². The topological polar surface area (TPSA) is 102 Å². The van der Waals surface area contributed by atoms with Crippen molar-refractivity contribution < 1.29 is 28.8 Å². The number of aliphatic hydroxyl groups is 1. The van der Waals surface area contributed by atoms with E-state index in [0.717, 1.165) is 0 Å². The van der Waals surface area contributed by atoms with Gasteiger partial charge >= 0.3 is 0 Å². The molecule has 134 valence electrons. The molecule has 2 aliphatic heterocycles. The number of para-hydroxylation sites is 1. The summed E-state index contributed by atoms with van der Waals surface area (Å²) in [4.78, 5) is 13.0. The van der Waals surface area contributed by atoms with Crippen LogP contribution in [0.4, 0.5) is 0 Å². The predicted octanol–water partition coefficient (Wildman–Crippen LogP) is 1.73. The van der Waals surface area contributed by atoms with E-state index in [1.54, 1.807) is 18.2 Å². The van der Waals surface area contributed by atoms with Crippen molar-refractivity contribution in [1.82, 2.24) is 0 Å². The number of epoxide rings is 1. The Kier molecular flexibility index (Phi) is 3.05. The van der Waals surface area contributed by atoms with E-state index in [-0.39, 0.29) is 34.9 Å². The van der Waals surface area contributed by atoms with Crippen molar-refractivity contribution in [1.29, 1.82) is 0 Å². The highest BCUT2D eigenvalue weighted by Crippen LogP contribution is 2.46. The van der Waals surface area contributed by atoms with E-state index < -0.39 is 5.60 Å². The first-order chi connectivity index (χ1) is 12.6. The minimum atomic E-state index is -0.710. The zero-order valence-electron chi connectivity index (χ0n) is 13.9. The average molecular weight is 356 g/mol. The van der Waals surface area contributed by atoms with Gasteiger partial charge in [-0.25, -0.2) is 0 Å². The molecule has 0 amide bonds. The molecular weight excluding hydrogens is 340 g/mol. The van der Waals surface area contributed by atoms with E-state index in [2.05, 4.69) is 0 Å². The molecule has 7 heteroatoms. The molecule has 0 saturated carbocycles. The maximum absolute atomic E-state index is 13.0. The van der Waals surface area contributed by atoms with Gasteiger partial charge in [0.05, 0.1) is 25.7 Å². The van der Waals surface area contributed by atoms with Crippen LogP contribution in [0.2, 0.25) is 0 Å². The van der Waals surface area contributed by atoms with Crippen LogP contribution in [0.15, 0.2) is 33.5 Å². The van der Waals surface area contributed by atoms with Gasteiger partial charge in [-0.2, -0.15) is 0 Å². The fraction of sp³-hybridized carbons (Fsp3) is 0.316. The zero-order chi connectivity index (χ0) is 18.1. The third-order valence-electron chi connectivity index (χ3n) is 5.23. The summed E-state index contributed by atoms with van der Waals surface area (Å²) in [5.41, 5.74) is 0.173. The van der Waals surface area contributed by atoms with Crippen molar-refractivity contribution in [3.8, 4) is 17.2 Å². The molecule has 3 aromatic rings. The lowest BCUT2D eigenvalue weighted by Crippen LogP contribution is -2.37. The number of ether oxygens (including phenoxy) is 3. The average Bonchev–Trinajstić information content (AvgIpc) is 3.33. The SMILES string of the molecule is COc1cc2c(c3oc4c(O)cccc4c(=O)c13)C[C@@H]([C@]1(CO)CO1)O2. The van der Waals surface area contributed by atoms with Crippen LogP contribution in [-0.4, -0.2) is 42.2 Å². The van der Waals surface area contributed by atoms with Crippen molar-refractivity contribution in [2.24, 2.45) is 0 Å². The molecule has 5 rings (SSSR count). The van der Waals surface area contributed by atoms with Gasteiger partial charge in [-0.05, 0) is 12.1 Å². The molecule has 26 heavy (non-hydrogen) atoms. The second kappa shape index (κ2) is 5.12. The minimum absolute atomic E-state index is 0.106. The van der Waals surface area contributed by atoms with Gasteiger partial charge in [0.1, 0.15) is 28.6 Å². The minimum Gasteiger partial charge on any atom is -0.504 e. The zero-order valence-corrected chi connectivity index (χ0v) is 13.9. The molecule has 1 aromatic heterocycles. The standard InChI is InChI=1S/C19H16O7/c1-23-13-6-12-10(5-14(25-12)19(7-20)8-24-19)18-15(13)16(22)9-3-2-4-11(21)17(9)26-18/h2-4,6,14,20-21H,5,7-8H2,1H3/t14-,19-/m0/s1. The first-order valence-electron chi connectivity index (χ1n) is 8.28. The van der Waals surface area contributed by atoms with Gasteiger partial charge in [0.15, 0.2) is 16.9 Å². The number of fused-ring (bicyclic) bond motifs is 4. The van der Waals surface area contributed by atoms with Gasteiger partial charge in [-0.3, -0.25) is 4.79 Å². The highest BCUT2D eigenvalue weighted by Gasteiger charge is 2.55. The number of hydrogen-bond acceptors (Lipinski definition) is 7. The van der Waals surface area contributed by atoms with Gasteiger partial charge in [-0.1, -0.05) is 6.07 Å². The third-order valence-corrected chi connectivity index (χ3v) is 5.23. The van der Waals surface area contributed by atoms with Crippen LogP contribution in [0.3, 0.4) is 0 Å². The summed E-state index contributed by atoms with van der Waals surface area (Å²) < 4.78 is 22.7. The summed E-state index contributed by atoms with van der Waals surface area (Å²) in [7, 11) is 1.47. The number of aromatic hydroxyl groups is 1. The van der Waals surface area contributed by atoms with Gasteiger partial charge in [0, 0.05) is 18.1 Å². The largest absolute Gasteiger partial charge is 0.504 e. The molecule has 0 aliphatic carbocycles. The van der Waals surface area contributed by atoms with E-state index in [9.17, 15) is 15.0 Å². The third kappa shape index (κ3) is 1.92. The van der Waals surface area contributed by atoms with Crippen molar-refractivity contribution in [2.75, 3.05) is 20.3 Å². The molecule has 0 bridgehead atoms. The molecule has 1 saturated heterocycles. The summed E-state index contributed by atoms with van der Waals surface area (Å²) in [6.45, 7) is 0.277. The van der Waals surface area contributed by atoms with Crippen LogP contribution in [-0.2, 0) is 11.2 Å².